The molecule has 276 valence electrons. The third-order valence-corrected chi connectivity index (χ3v) is 20.6. The molecular weight excluding hydrogens is 699 g/mol. The number of nitrogens with one attached hydrogen (secondary N) is 1. The zero-order chi connectivity index (χ0) is 36.6. The maximum absolute atomic E-state index is 13.2. The first-order valence-electron chi connectivity index (χ1n) is 17.2. The van der Waals surface area contributed by atoms with E-state index < -0.39 is 51.6 Å². The summed E-state index contributed by atoms with van der Waals surface area (Å²) in [6.07, 6.45) is 2.62. The molecule has 4 atom stereocenters. The molecule has 2 aromatic heterocycles. The van der Waals surface area contributed by atoms with Crippen LogP contribution in [0.15, 0.2) is 36.9 Å². The summed E-state index contributed by atoms with van der Waals surface area (Å²) in [4.78, 5) is 26.6. The molecular formula is C33H51N5O9SSi2. The number of carbonyl (C=O) groups is 1. The Kier molecular flexibility index (Phi) is 11.6. The van der Waals surface area contributed by atoms with Crippen LogP contribution in [0.3, 0.4) is 0 Å². The highest BCUT2D eigenvalue weighted by Gasteiger charge is 2.61. The maximum Gasteiger partial charge on any atom is 0.335 e. The molecule has 1 aromatic carbocycles. The normalized spacial score (nSPS) is 23.7. The number of hydrogen-bond acceptors (Lipinski definition) is 12. The molecule has 0 radical (unpaired) electrons. The molecule has 0 spiro atoms. The van der Waals surface area contributed by atoms with Crippen molar-refractivity contribution < 1.29 is 39.8 Å². The van der Waals surface area contributed by atoms with Gasteiger partial charge in [0.25, 0.3) is 16.0 Å². The van der Waals surface area contributed by atoms with Crippen LogP contribution in [-0.4, -0.2) is 89.8 Å². The van der Waals surface area contributed by atoms with Crippen LogP contribution in [0, 0.1) is 5.92 Å². The summed E-state index contributed by atoms with van der Waals surface area (Å²) in [7, 11) is -8.00. The van der Waals surface area contributed by atoms with Crippen LogP contribution in [0.5, 0.6) is 5.75 Å². The van der Waals surface area contributed by atoms with Crippen molar-refractivity contribution in [1.29, 1.82) is 0 Å². The van der Waals surface area contributed by atoms with Crippen LogP contribution < -0.4 is 10.1 Å². The van der Waals surface area contributed by atoms with Gasteiger partial charge in [-0.05, 0) is 52.9 Å². The minimum absolute atomic E-state index is 0.0724. The molecule has 1 amide bonds. The molecule has 2 aliphatic rings. The number of nitrogens with zero attached hydrogens (tertiary/aromatic N) is 4. The number of aromatic nitrogens is 4. The summed E-state index contributed by atoms with van der Waals surface area (Å²) in [5, 5.41) is 2.85. The fourth-order valence-corrected chi connectivity index (χ4v) is 18.8. The predicted molar refractivity (Wildman–Crippen MR) is 193 cm³/mol. The minimum atomic E-state index is -3.70. The highest BCUT2D eigenvalue weighted by molar-refractivity contribution is 7.85. The van der Waals surface area contributed by atoms with E-state index >= 15 is 0 Å². The Hall–Kier alpha value is -2.78. The Morgan fingerprint density at radius 3 is 2.20 bits per heavy atom. The lowest BCUT2D eigenvalue weighted by atomic mass is 9.96. The van der Waals surface area contributed by atoms with Gasteiger partial charge in [0.15, 0.2) is 17.0 Å². The van der Waals surface area contributed by atoms with Crippen molar-refractivity contribution in [3.63, 3.8) is 0 Å². The molecule has 4 heterocycles. The van der Waals surface area contributed by atoms with Crippen molar-refractivity contribution in [2.75, 3.05) is 31.9 Å². The molecule has 0 saturated carbocycles. The number of hydrogen-bond donors (Lipinski definition) is 1. The molecule has 14 nitrogen and oxygen atoms in total. The van der Waals surface area contributed by atoms with E-state index in [1.165, 1.54) is 6.33 Å². The zero-order valence-electron chi connectivity index (χ0n) is 30.6. The number of methoxy groups -OCH3 is 1. The number of rotatable bonds is 12. The first-order chi connectivity index (χ1) is 23.5. The molecule has 50 heavy (non-hydrogen) atoms. The summed E-state index contributed by atoms with van der Waals surface area (Å²) < 4.78 is 64.9. The topological polar surface area (TPSA) is 162 Å². The van der Waals surface area contributed by atoms with Gasteiger partial charge in [0.1, 0.15) is 24.4 Å². The SMILES string of the molecule is COc1ccc(C(=O)Nc2ncnc3c2ncn3[C@@H]2O[C@@H]3CO[Si](C(C)C)(C(C)C)O[Si](C(C)C)(C(C)C)O[C@H]3[C@@H]2CCOS(C)(=O)=O)cc1. The van der Waals surface area contributed by atoms with Gasteiger partial charge in [-0.3, -0.25) is 13.5 Å². The van der Waals surface area contributed by atoms with E-state index in [4.69, 9.17) is 26.6 Å². The zero-order valence-corrected chi connectivity index (χ0v) is 33.4. The van der Waals surface area contributed by atoms with E-state index in [2.05, 4.69) is 75.7 Å². The number of imidazole rings is 1. The molecule has 2 fully saturated rings. The van der Waals surface area contributed by atoms with Crippen LogP contribution in [0.1, 0.15) is 78.4 Å². The lowest BCUT2D eigenvalue weighted by molar-refractivity contribution is -0.0551. The lowest BCUT2D eigenvalue weighted by Crippen LogP contribution is -2.65. The van der Waals surface area contributed by atoms with E-state index in [1.54, 1.807) is 42.3 Å². The van der Waals surface area contributed by atoms with Crippen molar-refractivity contribution in [2.45, 2.75) is 102 Å². The van der Waals surface area contributed by atoms with Crippen LogP contribution in [0.25, 0.3) is 11.2 Å². The maximum atomic E-state index is 13.2. The van der Waals surface area contributed by atoms with Gasteiger partial charge in [0.2, 0.25) is 0 Å². The highest BCUT2D eigenvalue weighted by atomic mass is 32.2. The average Bonchev–Trinajstić information content (AvgIpc) is 3.61. The summed E-state index contributed by atoms with van der Waals surface area (Å²) in [6, 6.07) is 6.73. The largest absolute Gasteiger partial charge is 0.497 e. The van der Waals surface area contributed by atoms with Crippen molar-refractivity contribution in [3.05, 3.63) is 42.5 Å². The number of carbonyl (C=O) groups excluding carboxylic acids is 1. The molecule has 0 bridgehead atoms. The van der Waals surface area contributed by atoms with Crippen molar-refractivity contribution >= 4 is 50.1 Å². The molecule has 17 heteroatoms. The Morgan fingerprint density at radius 2 is 1.62 bits per heavy atom. The second-order valence-corrected chi connectivity index (χ2v) is 24.8. The van der Waals surface area contributed by atoms with Gasteiger partial charge in [-0.15, -0.1) is 0 Å². The van der Waals surface area contributed by atoms with E-state index in [9.17, 15) is 13.2 Å². The number of amides is 1. The number of fused-ring (bicyclic) bond motifs is 2. The number of anilines is 1. The van der Waals surface area contributed by atoms with Crippen molar-refractivity contribution in [2.24, 2.45) is 5.92 Å². The fraction of sp³-hybridized carbons (Fsp3) is 0.636. The smallest absolute Gasteiger partial charge is 0.335 e. The Labute approximate surface area is 297 Å². The van der Waals surface area contributed by atoms with Crippen LogP contribution in [-0.2, 0) is 32.0 Å². The van der Waals surface area contributed by atoms with Crippen molar-refractivity contribution in [3.8, 4) is 5.75 Å². The number of benzene rings is 1. The minimum Gasteiger partial charge on any atom is -0.497 e. The van der Waals surface area contributed by atoms with Gasteiger partial charge in [-0.1, -0.05) is 55.4 Å². The lowest BCUT2D eigenvalue weighted by Gasteiger charge is -2.51. The van der Waals surface area contributed by atoms with Gasteiger partial charge in [0, 0.05) is 11.5 Å². The predicted octanol–water partition coefficient (Wildman–Crippen LogP) is 5.92. The third-order valence-electron chi connectivity index (χ3n) is 9.77. The summed E-state index contributed by atoms with van der Waals surface area (Å²) in [5.41, 5.74) is 1.70. The Bertz CT molecular complexity index is 1740. The number of ether oxygens (including phenoxy) is 2. The van der Waals surface area contributed by atoms with E-state index in [1.807, 2.05) is 0 Å². The van der Waals surface area contributed by atoms with Crippen LogP contribution >= 0.6 is 0 Å². The quantitative estimate of drug-likeness (QED) is 0.172. The summed E-state index contributed by atoms with van der Waals surface area (Å²) >= 11 is 0. The average molecular weight is 750 g/mol. The summed E-state index contributed by atoms with van der Waals surface area (Å²) in [5.74, 6) is 0.106. The van der Waals surface area contributed by atoms with Gasteiger partial charge in [-0.25, -0.2) is 15.0 Å². The van der Waals surface area contributed by atoms with Gasteiger partial charge < -0.3 is 27.8 Å². The summed E-state index contributed by atoms with van der Waals surface area (Å²) in [6.45, 7) is 17.4. The molecule has 0 aliphatic carbocycles. The molecule has 5 rings (SSSR count). The standard InChI is InChI=1S/C33H51N5O9SSi2/c1-20(2)49(21(3)4)44-17-27-29(46-50(47-49,22(5)6)23(7)8)26(15-16-43-48(10,40)41)33(45-27)38-19-36-28-30(34-18-35-31(28)38)37-32(39)24-11-13-25(42-9)14-12-24/h11-14,18-23,26-27,29,33H,15-17H2,1-10H3,(H,34,35,37,39)/t26-,27+,29-,33+/m0/s1. The Balaban J connectivity index is 1.55. The Morgan fingerprint density at radius 1 is 0.980 bits per heavy atom. The van der Waals surface area contributed by atoms with Gasteiger partial charge in [0.05, 0.1) is 39.0 Å². The van der Waals surface area contributed by atoms with Gasteiger partial charge >= 0.3 is 17.1 Å². The first-order valence-corrected chi connectivity index (χ1v) is 22.9. The molecule has 2 aliphatic heterocycles. The molecule has 3 aromatic rings. The second kappa shape index (κ2) is 15.1. The van der Waals surface area contributed by atoms with E-state index in [-0.39, 0.29) is 47.1 Å². The van der Waals surface area contributed by atoms with E-state index in [0.717, 1.165) is 6.26 Å². The fourth-order valence-electron chi connectivity index (χ4n) is 7.20. The van der Waals surface area contributed by atoms with Crippen LogP contribution in [0.2, 0.25) is 22.2 Å². The van der Waals surface area contributed by atoms with Crippen LogP contribution in [0.4, 0.5) is 5.82 Å². The first kappa shape index (κ1) is 38.5. The monoisotopic (exact) mass is 749 g/mol. The van der Waals surface area contributed by atoms with Gasteiger partial charge in [-0.2, -0.15) is 8.42 Å². The third kappa shape index (κ3) is 7.55. The second-order valence-electron chi connectivity index (χ2n) is 14.3. The molecule has 1 N–H and O–H groups in total. The van der Waals surface area contributed by atoms with Crippen molar-refractivity contribution in [1.82, 2.24) is 19.5 Å². The highest BCUT2D eigenvalue weighted by Crippen LogP contribution is 2.50. The molecule has 0 unspecified atom stereocenters. The molecule has 2 saturated heterocycles. The van der Waals surface area contributed by atoms with E-state index in [0.29, 0.717) is 28.9 Å².